The molecule has 1 heterocycles. The van der Waals surface area contributed by atoms with Crippen LogP contribution in [0.25, 0.3) is 0 Å². The fourth-order valence-electron chi connectivity index (χ4n) is 1.48. The summed E-state index contributed by atoms with van der Waals surface area (Å²) in [5, 5.41) is 0. The highest BCUT2D eigenvalue weighted by Gasteiger charge is 2.19. The molecule has 2 N–H and O–H groups in total. The number of hydrogen-bond donors (Lipinski definition) is 1. The maximum atomic E-state index is 5.43. The van der Waals surface area contributed by atoms with Crippen molar-refractivity contribution in [2.45, 2.75) is 12.8 Å². The smallest absolute Gasteiger partial charge is 0.0730 e. The maximum absolute atomic E-state index is 5.43. The van der Waals surface area contributed by atoms with Crippen LogP contribution in [0.3, 0.4) is 0 Å². The Balaban J connectivity index is 2.24. The van der Waals surface area contributed by atoms with E-state index in [1.807, 2.05) is 0 Å². The fourth-order valence-corrected chi connectivity index (χ4v) is 1.71. The summed E-state index contributed by atoms with van der Waals surface area (Å²) >= 11 is 4.83. The average molecular weight is 158 g/mol. The van der Waals surface area contributed by atoms with Gasteiger partial charge in [0.2, 0.25) is 0 Å². The van der Waals surface area contributed by atoms with Crippen LogP contribution in [0.5, 0.6) is 0 Å². The first-order valence-corrected chi connectivity index (χ1v) is 4.06. The SMILES string of the molecule is CN1CCC(CC(N)=S)C1. The molecule has 1 atom stereocenters. The molecule has 0 amide bonds. The molecule has 1 fully saturated rings. The molecule has 10 heavy (non-hydrogen) atoms. The van der Waals surface area contributed by atoms with E-state index in [0.717, 1.165) is 18.9 Å². The summed E-state index contributed by atoms with van der Waals surface area (Å²) in [6.45, 7) is 2.37. The molecule has 0 aromatic rings. The van der Waals surface area contributed by atoms with E-state index in [-0.39, 0.29) is 0 Å². The Morgan fingerprint density at radius 1 is 1.80 bits per heavy atom. The van der Waals surface area contributed by atoms with Gasteiger partial charge in [-0.3, -0.25) is 0 Å². The zero-order chi connectivity index (χ0) is 7.56. The third kappa shape index (κ3) is 2.23. The van der Waals surface area contributed by atoms with Crippen molar-refractivity contribution in [3.05, 3.63) is 0 Å². The van der Waals surface area contributed by atoms with E-state index in [2.05, 4.69) is 11.9 Å². The van der Waals surface area contributed by atoms with Gasteiger partial charge in [0.15, 0.2) is 0 Å². The zero-order valence-corrected chi connectivity index (χ0v) is 7.16. The summed E-state index contributed by atoms with van der Waals surface area (Å²) in [5.74, 6) is 0.725. The van der Waals surface area contributed by atoms with E-state index in [4.69, 9.17) is 18.0 Å². The lowest BCUT2D eigenvalue weighted by Gasteiger charge is -2.08. The van der Waals surface area contributed by atoms with Gasteiger partial charge < -0.3 is 10.6 Å². The van der Waals surface area contributed by atoms with Gasteiger partial charge in [0.05, 0.1) is 4.99 Å². The van der Waals surface area contributed by atoms with Gasteiger partial charge in [-0.2, -0.15) is 0 Å². The molecule has 0 spiro atoms. The number of likely N-dealkylation sites (tertiary alicyclic amines) is 1. The number of hydrogen-bond acceptors (Lipinski definition) is 2. The van der Waals surface area contributed by atoms with Crippen molar-refractivity contribution in [3.8, 4) is 0 Å². The van der Waals surface area contributed by atoms with E-state index >= 15 is 0 Å². The van der Waals surface area contributed by atoms with Gasteiger partial charge in [-0.1, -0.05) is 12.2 Å². The van der Waals surface area contributed by atoms with Crippen LogP contribution in [0, 0.1) is 5.92 Å². The molecule has 1 unspecified atom stereocenters. The van der Waals surface area contributed by atoms with Crippen molar-refractivity contribution >= 4 is 17.2 Å². The van der Waals surface area contributed by atoms with Crippen molar-refractivity contribution in [3.63, 3.8) is 0 Å². The molecular weight excluding hydrogens is 144 g/mol. The van der Waals surface area contributed by atoms with Crippen LogP contribution < -0.4 is 5.73 Å². The molecule has 0 saturated carbocycles. The maximum Gasteiger partial charge on any atom is 0.0730 e. The van der Waals surface area contributed by atoms with Crippen LogP contribution in [-0.2, 0) is 0 Å². The monoisotopic (exact) mass is 158 g/mol. The van der Waals surface area contributed by atoms with Crippen molar-refractivity contribution in [1.82, 2.24) is 4.90 Å². The standard InChI is InChI=1S/C7H14N2S/c1-9-3-2-6(5-9)4-7(8)10/h6H,2-5H2,1H3,(H2,8,10). The van der Waals surface area contributed by atoms with Crippen LogP contribution in [0.2, 0.25) is 0 Å². The summed E-state index contributed by atoms with van der Waals surface area (Å²) in [4.78, 5) is 2.99. The van der Waals surface area contributed by atoms with Gasteiger partial charge in [0, 0.05) is 13.0 Å². The van der Waals surface area contributed by atoms with Crippen molar-refractivity contribution in [1.29, 1.82) is 0 Å². The van der Waals surface area contributed by atoms with Gasteiger partial charge in [-0.15, -0.1) is 0 Å². The minimum absolute atomic E-state index is 0.667. The summed E-state index contributed by atoms with van der Waals surface area (Å²) in [5.41, 5.74) is 5.43. The van der Waals surface area contributed by atoms with E-state index < -0.39 is 0 Å². The summed E-state index contributed by atoms with van der Waals surface area (Å²) in [7, 11) is 2.14. The molecule has 0 aromatic carbocycles. The molecule has 58 valence electrons. The number of nitrogens with zero attached hydrogens (tertiary/aromatic N) is 1. The number of thiocarbonyl (C=S) groups is 1. The van der Waals surface area contributed by atoms with E-state index in [0.29, 0.717) is 4.99 Å². The highest BCUT2D eigenvalue weighted by Crippen LogP contribution is 2.17. The predicted octanol–water partition coefficient (Wildman–Crippen LogP) is 0.614. The minimum Gasteiger partial charge on any atom is -0.393 e. The lowest BCUT2D eigenvalue weighted by Crippen LogP contribution is -2.18. The zero-order valence-electron chi connectivity index (χ0n) is 6.34. The first-order valence-electron chi connectivity index (χ1n) is 3.65. The Bertz CT molecular complexity index is 136. The molecule has 0 radical (unpaired) electrons. The molecule has 0 aromatic heterocycles. The number of nitrogens with two attached hydrogens (primary N) is 1. The number of rotatable bonds is 2. The molecule has 2 nitrogen and oxygen atoms in total. The lowest BCUT2D eigenvalue weighted by atomic mass is 10.1. The molecule has 3 heteroatoms. The third-order valence-electron chi connectivity index (χ3n) is 1.98. The second-order valence-corrected chi connectivity index (χ2v) is 3.61. The minimum atomic E-state index is 0.667. The van der Waals surface area contributed by atoms with Crippen molar-refractivity contribution in [2.24, 2.45) is 11.7 Å². The Kier molecular flexibility index (Phi) is 2.63. The molecule has 1 aliphatic heterocycles. The molecular formula is C7H14N2S. The van der Waals surface area contributed by atoms with Crippen LogP contribution in [0.1, 0.15) is 12.8 Å². The Labute approximate surface area is 67.4 Å². The summed E-state index contributed by atoms with van der Waals surface area (Å²) < 4.78 is 0. The van der Waals surface area contributed by atoms with Gasteiger partial charge in [0.1, 0.15) is 0 Å². The van der Waals surface area contributed by atoms with Gasteiger partial charge >= 0.3 is 0 Å². The van der Waals surface area contributed by atoms with E-state index in [1.165, 1.54) is 13.0 Å². The van der Waals surface area contributed by atoms with Crippen molar-refractivity contribution < 1.29 is 0 Å². The molecule has 1 rings (SSSR count). The largest absolute Gasteiger partial charge is 0.393 e. The molecule has 0 aliphatic carbocycles. The van der Waals surface area contributed by atoms with E-state index in [1.54, 1.807) is 0 Å². The lowest BCUT2D eigenvalue weighted by molar-refractivity contribution is 0.398. The molecule has 0 bridgehead atoms. The molecule has 1 saturated heterocycles. The van der Waals surface area contributed by atoms with E-state index in [9.17, 15) is 0 Å². The predicted molar refractivity (Wildman–Crippen MR) is 47.0 cm³/mol. The summed E-state index contributed by atoms with van der Waals surface area (Å²) in [6, 6.07) is 0. The van der Waals surface area contributed by atoms with Gasteiger partial charge in [-0.25, -0.2) is 0 Å². The Hall–Kier alpha value is -0.150. The second-order valence-electron chi connectivity index (χ2n) is 3.09. The fraction of sp³-hybridized carbons (Fsp3) is 0.857. The van der Waals surface area contributed by atoms with Gasteiger partial charge in [-0.05, 0) is 25.9 Å². The first-order chi connectivity index (χ1) is 4.68. The van der Waals surface area contributed by atoms with Crippen LogP contribution in [0.15, 0.2) is 0 Å². The topological polar surface area (TPSA) is 29.3 Å². The van der Waals surface area contributed by atoms with Gasteiger partial charge in [0.25, 0.3) is 0 Å². The van der Waals surface area contributed by atoms with Crippen molar-refractivity contribution in [2.75, 3.05) is 20.1 Å². The normalized spacial score (nSPS) is 27.1. The van der Waals surface area contributed by atoms with Crippen LogP contribution in [0.4, 0.5) is 0 Å². The second kappa shape index (κ2) is 3.30. The highest BCUT2D eigenvalue weighted by atomic mass is 32.1. The first kappa shape index (κ1) is 7.95. The average Bonchev–Trinajstić information content (AvgIpc) is 2.13. The quantitative estimate of drug-likeness (QED) is 0.597. The van der Waals surface area contributed by atoms with Crippen LogP contribution >= 0.6 is 12.2 Å². The summed E-state index contributed by atoms with van der Waals surface area (Å²) in [6.07, 6.45) is 2.19. The van der Waals surface area contributed by atoms with Crippen LogP contribution in [-0.4, -0.2) is 30.0 Å². The Morgan fingerprint density at radius 2 is 2.50 bits per heavy atom. The third-order valence-corrected chi connectivity index (χ3v) is 2.15. The highest BCUT2D eigenvalue weighted by molar-refractivity contribution is 7.80. The molecule has 1 aliphatic rings. The Morgan fingerprint density at radius 3 is 2.90 bits per heavy atom.